The van der Waals surface area contributed by atoms with Gasteiger partial charge in [0, 0.05) is 6.92 Å². The maximum absolute atomic E-state index is 10.9. The number of nitro groups is 1. The maximum Gasteiger partial charge on any atom is 0.342 e. The number of rotatable bonds is 12. The smallest absolute Gasteiger partial charge is 0.342 e. The SMILES string of the molecule is CCCCCCCCCCCCn1c([N+](=O)[O-])cnc1C. The van der Waals surface area contributed by atoms with Crippen molar-refractivity contribution < 1.29 is 4.92 Å². The molecular weight excluding hydrogens is 266 g/mol. The molecule has 0 saturated heterocycles. The first-order valence-corrected chi connectivity index (χ1v) is 8.33. The van der Waals surface area contributed by atoms with Gasteiger partial charge in [0.05, 0.1) is 6.54 Å². The number of imidazole rings is 1. The topological polar surface area (TPSA) is 61.0 Å². The second-order valence-corrected chi connectivity index (χ2v) is 5.75. The first kappa shape index (κ1) is 17.7. The molecule has 0 atom stereocenters. The summed E-state index contributed by atoms with van der Waals surface area (Å²) in [7, 11) is 0. The van der Waals surface area contributed by atoms with Crippen molar-refractivity contribution >= 4 is 5.82 Å². The molecule has 0 aliphatic carbocycles. The van der Waals surface area contributed by atoms with E-state index in [9.17, 15) is 10.1 Å². The van der Waals surface area contributed by atoms with Gasteiger partial charge < -0.3 is 10.1 Å². The van der Waals surface area contributed by atoms with E-state index in [4.69, 9.17) is 0 Å². The van der Waals surface area contributed by atoms with E-state index in [0.29, 0.717) is 6.54 Å². The number of aryl methyl sites for hydroxylation is 1. The van der Waals surface area contributed by atoms with Crippen molar-refractivity contribution in [2.24, 2.45) is 0 Å². The third kappa shape index (κ3) is 6.74. The van der Waals surface area contributed by atoms with Crippen LogP contribution >= 0.6 is 0 Å². The highest BCUT2D eigenvalue weighted by Gasteiger charge is 2.16. The molecule has 21 heavy (non-hydrogen) atoms. The van der Waals surface area contributed by atoms with Gasteiger partial charge in [-0.25, -0.2) is 9.55 Å². The Morgan fingerprint density at radius 2 is 1.57 bits per heavy atom. The molecule has 0 unspecified atom stereocenters. The van der Waals surface area contributed by atoms with Gasteiger partial charge in [-0.3, -0.25) is 0 Å². The van der Waals surface area contributed by atoms with Crippen LogP contribution in [0.25, 0.3) is 0 Å². The molecule has 1 rings (SSSR count). The first-order valence-electron chi connectivity index (χ1n) is 8.33. The Kier molecular flexibility index (Phi) is 8.71. The maximum atomic E-state index is 10.9. The zero-order valence-electron chi connectivity index (χ0n) is 13.5. The molecule has 0 spiro atoms. The van der Waals surface area contributed by atoms with E-state index in [2.05, 4.69) is 11.9 Å². The Hall–Kier alpha value is -1.39. The minimum absolute atomic E-state index is 0.114. The van der Waals surface area contributed by atoms with Gasteiger partial charge in [0.2, 0.25) is 0 Å². The predicted octanol–water partition coefficient (Wildman–Crippen LogP) is 5.02. The molecule has 1 aromatic heterocycles. The van der Waals surface area contributed by atoms with E-state index in [1.165, 1.54) is 57.6 Å². The fraction of sp³-hybridized carbons (Fsp3) is 0.812. The van der Waals surface area contributed by atoms with Crippen molar-refractivity contribution in [1.82, 2.24) is 9.55 Å². The molecule has 0 radical (unpaired) electrons. The molecule has 5 nitrogen and oxygen atoms in total. The van der Waals surface area contributed by atoms with Gasteiger partial charge in [0.1, 0.15) is 6.20 Å². The first-order chi connectivity index (χ1) is 10.2. The zero-order valence-corrected chi connectivity index (χ0v) is 13.5. The molecule has 0 aromatic carbocycles. The Balaban J connectivity index is 2.07. The second-order valence-electron chi connectivity index (χ2n) is 5.75. The van der Waals surface area contributed by atoms with Gasteiger partial charge in [0.15, 0.2) is 5.82 Å². The van der Waals surface area contributed by atoms with Gasteiger partial charge >= 0.3 is 5.82 Å². The summed E-state index contributed by atoms with van der Waals surface area (Å²) in [6.07, 6.45) is 14.1. The quantitative estimate of drug-likeness (QED) is 0.309. The van der Waals surface area contributed by atoms with Gasteiger partial charge in [-0.2, -0.15) is 0 Å². The summed E-state index contributed by atoms with van der Waals surface area (Å²) in [5, 5.41) is 10.9. The summed E-state index contributed by atoms with van der Waals surface area (Å²) in [5.41, 5.74) is 0. The monoisotopic (exact) mass is 295 g/mol. The van der Waals surface area contributed by atoms with Crippen LogP contribution in [0.1, 0.15) is 77.0 Å². The molecule has 0 aliphatic heterocycles. The lowest BCUT2D eigenvalue weighted by atomic mass is 10.1. The minimum atomic E-state index is -0.351. The molecule has 5 heteroatoms. The van der Waals surface area contributed by atoms with Crippen LogP contribution in [-0.2, 0) is 6.54 Å². The Morgan fingerprint density at radius 3 is 2.10 bits per heavy atom. The molecule has 1 aromatic rings. The van der Waals surface area contributed by atoms with Crippen LogP contribution in [0.15, 0.2) is 6.20 Å². The zero-order chi connectivity index (χ0) is 15.5. The summed E-state index contributed by atoms with van der Waals surface area (Å²) in [5.74, 6) is 0.848. The molecule has 0 N–H and O–H groups in total. The highest BCUT2D eigenvalue weighted by atomic mass is 16.6. The number of nitrogens with zero attached hydrogens (tertiary/aromatic N) is 3. The lowest BCUT2D eigenvalue weighted by molar-refractivity contribution is -0.392. The van der Waals surface area contributed by atoms with Gasteiger partial charge in [0.25, 0.3) is 0 Å². The molecule has 120 valence electrons. The average Bonchev–Trinajstić information content (AvgIpc) is 2.82. The van der Waals surface area contributed by atoms with Crippen molar-refractivity contribution in [1.29, 1.82) is 0 Å². The van der Waals surface area contributed by atoms with E-state index in [1.54, 1.807) is 4.57 Å². The molecule has 0 saturated carbocycles. The van der Waals surface area contributed by atoms with Crippen LogP contribution in [-0.4, -0.2) is 14.5 Å². The van der Waals surface area contributed by atoms with E-state index in [1.807, 2.05) is 6.92 Å². The summed E-state index contributed by atoms with van der Waals surface area (Å²) in [4.78, 5) is 14.5. The Bertz CT molecular complexity index is 416. The summed E-state index contributed by atoms with van der Waals surface area (Å²) in [6, 6.07) is 0. The number of hydrogen-bond donors (Lipinski definition) is 0. The average molecular weight is 295 g/mol. The number of unbranched alkanes of at least 4 members (excludes halogenated alkanes) is 9. The predicted molar refractivity (Wildman–Crippen MR) is 85.5 cm³/mol. The lowest BCUT2D eigenvalue weighted by Gasteiger charge is -2.04. The highest BCUT2D eigenvalue weighted by molar-refractivity contribution is 5.18. The van der Waals surface area contributed by atoms with Gasteiger partial charge in [-0.15, -0.1) is 0 Å². The van der Waals surface area contributed by atoms with E-state index >= 15 is 0 Å². The van der Waals surface area contributed by atoms with Gasteiger partial charge in [-0.05, 0) is 17.8 Å². The van der Waals surface area contributed by atoms with Crippen LogP contribution < -0.4 is 0 Å². The van der Waals surface area contributed by atoms with Crippen LogP contribution in [0.2, 0.25) is 0 Å². The van der Waals surface area contributed by atoms with Crippen molar-refractivity contribution in [2.75, 3.05) is 0 Å². The third-order valence-electron chi connectivity index (χ3n) is 3.96. The minimum Gasteiger partial charge on any atom is -0.358 e. The highest BCUT2D eigenvalue weighted by Crippen LogP contribution is 2.16. The van der Waals surface area contributed by atoms with Crippen LogP contribution in [0.5, 0.6) is 0 Å². The summed E-state index contributed by atoms with van der Waals surface area (Å²) in [6.45, 7) is 4.77. The molecule has 1 heterocycles. The Morgan fingerprint density at radius 1 is 1.05 bits per heavy atom. The second kappa shape index (κ2) is 10.4. The standard InChI is InChI=1S/C16H29N3O2/c1-3-4-5-6-7-8-9-10-11-12-13-18-15(2)17-14-16(18)19(20)21/h14H,3-13H2,1-2H3. The van der Waals surface area contributed by atoms with Crippen molar-refractivity contribution in [3.63, 3.8) is 0 Å². The van der Waals surface area contributed by atoms with Crippen molar-refractivity contribution in [3.8, 4) is 0 Å². The van der Waals surface area contributed by atoms with Crippen LogP contribution in [0.3, 0.4) is 0 Å². The molecule has 0 fully saturated rings. The molecule has 0 amide bonds. The third-order valence-corrected chi connectivity index (χ3v) is 3.96. The molecule has 0 bridgehead atoms. The summed E-state index contributed by atoms with van der Waals surface area (Å²) < 4.78 is 1.71. The van der Waals surface area contributed by atoms with E-state index < -0.39 is 0 Å². The van der Waals surface area contributed by atoms with Crippen LogP contribution in [0, 0.1) is 17.0 Å². The molecular formula is C16H29N3O2. The normalized spacial score (nSPS) is 11.0. The van der Waals surface area contributed by atoms with Crippen LogP contribution in [0.4, 0.5) is 5.82 Å². The lowest BCUT2D eigenvalue weighted by Crippen LogP contribution is -2.05. The van der Waals surface area contributed by atoms with Crippen molar-refractivity contribution in [2.45, 2.75) is 84.6 Å². The number of hydrogen-bond acceptors (Lipinski definition) is 3. The Labute approximate surface area is 127 Å². The van der Waals surface area contributed by atoms with E-state index in [-0.39, 0.29) is 10.7 Å². The van der Waals surface area contributed by atoms with Gasteiger partial charge in [-0.1, -0.05) is 58.3 Å². The van der Waals surface area contributed by atoms with E-state index in [0.717, 1.165) is 18.7 Å². The largest absolute Gasteiger partial charge is 0.358 e. The van der Waals surface area contributed by atoms with Crippen molar-refractivity contribution in [3.05, 3.63) is 22.1 Å². The fourth-order valence-corrected chi connectivity index (χ4v) is 2.64. The summed E-state index contributed by atoms with van der Waals surface area (Å²) >= 11 is 0. The fourth-order valence-electron chi connectivity index (χ4n) is 2.64. The number of aromatic nitrogens is 2. The molecule has 0 aliphatic rings.